The molecule has 0 N–H and O–H groups in total. The molecule has 0 aliphatic heterocycles. The molecule has 0 fully saturated rings. The third-order valence-corrected chi connectivity index (χ3v) is 10.1. The van der Waals surface area contributed by atoms with Crippen LogP contribution in [0.15, 0.2) is 150 Å². The summed E-state index contributed by atoms with van der Waals surface area (Å²) in [5.41, 5.74) is 10.8. The van der Waals surface area contributed by atoms with E-state index in [-0.39, 0.29) is 5.41 Å². The molecular formula is C42H49N. The first-order valence-electron chi connectivity index (χ1n) is 16.3. The molecule has 0 amide bonds. The predicted molar refractivity (Wildman–Crippen MR) is 186 cm³/mol. The number of rotatable bonds is 10. The minimum absolute atomic E-state index is 0.127. The molecule has 0 saturated heterocycles. The van der Waals surface area contributed by atoms with Gasteiger partial charge in [-0.25, -0.2) is 0 Å². The SMILES string of the molecule is C=C(C1=C(C(C)(CC)C(C)C)CCC=C1)N(/C=C\C)C1=C(c2ccccc2)CC(c2ccccc2)C=C1C1C=CC=CC1. The lowest BCUT2D eigenvalue weighted by Crippen LogP contribution is -2.30. The highest BCUT2D eigenvalue weighted by Gasteiger charge is 2.36. The molecule has 3 aliphatic carbocycles. The van der Waals surface area contributed by atoms with Crippen LogP contribution in [-0.2, 0) is 0 Å². The minimum Gasteiger partial charge on any atom is -0.317 e. The van der Waals surface area contributed by atoms with Crippen molar-refractivity contribution >= 4 is 5.57 Å². The van der Waals surface area contributed by atoms with Crippen LogP contribution in [0.5, 0.6) is 0 Å². The van der Waals surface area contributed by atoms with Crippen molar-refractivity contribution in [3.05, 3.63) is 161 Å². The maximum Gasteiger partial charge on any atom is 0.0528 e. The number of benzene rings is 2. The Balaban J connectivity index is 1.74. The lowest BCUT2D eigenvalue weighted by molar-refractivity contribution is 0.255. The lowest BCUT2D eigenvalue weighted by atomic mass is 9.67. The van der Waals surface area contributed by atoms with E-state index < -0.39 is 0 Å². The second kappa shape index (κ2) is 13.6. The molecule has 0 saturated carbocycles. The van der Waals surface area contributed by atoms with Gasteiger partial charge in [-0.1, -0.05) is 149 Å². The van der Waals surface area contributed by atoms with E-state index in [1.807, 2.05) is 0 Å². The maximum atomic E-state index is 4.89. The van der Waals surface area contributed by atoms with E-state index in [0.29, 0.717) is 17.8 Å². The third-order valence-electron chi connectivity index (χ3n) is 10.1. The monoisotopic (exact) mass is 567 g/mol. The highest BCUT2D eigenvalue weighted by atomic mass is 15.1. The van der Waals surface area contributed by atoms with Crippen LogP contribution in [0, 0.1) is 17.3 Å². The maximum absolute atomic E-state index is 4.89. The molecule has 0 aromatic heterocycles. The molecule has 2 aromatic carbocycles. The van der Waals surface area contributed by atoms with Crippen LogP contribution in [0.4, 0.5) is 0 Å². The molecule has 1 nitrogen and oxygen atoms in total. The molecule has 0 radical (unpaired) electrons. The quantitative estimate of drug-likeness (QED) is 0.276. The fourth-order valence-electron chi connectivity index (χ4n) is 7.12. The Morgan fingerprint density at radius 2 is 1.72 bits per heavy atom. The molecule has 1 heteroatoms. The Labute approximate surface area is 261 Å². The van der Waals surface area contributed by atoms with Crippen molar-refractivity contribution in [2.75, 3.05) is 0 Å². The third kappa shape index (κ3) is 6.28. The normalized spacial score (nSPS) is 21.9. The average Bonchev–Trinajstić information content (AvgIpc) is 3.07. The Hall–Kier alpha value is -3.84. The highest BCUT2D eigenvalue weighted by Crippen LogP contribution is 2.49. The van der Waals surface area contributed by atoms with Gasteiger partial charge in [0, 0.05) is 23.7 Å². The standard InChI is InChI=1S/C42H49N/c1-7-28-43(32(5)37-26-18-19-27-40(37)42(6,8-2)31(3)4)41-38(34-22-14-10-15-23-34)29-36(33-20-12-9-13-21-33)30-39(41)35-24-16-11-17-25-35/h7,9-18,20-24,26,28,30-31,35-36H,5,8,19,25,27,29H2,1-4,6H3/b28-7-. The molecule has 3 unspecified atom stereocenters. The number of hydrogen-bond donors (Lipinski definition) is 0. The Bertz CT molecular complexity index is 1500. The van der Waals surface area contributed by atoms with Gasteiger partial charge >= 0.3 is 0 Å². The molecule has 3 atom stereocenters. The molecule has 0 heterocycles. The van der Waals surface area contributed by atoms with E-state index in [0.717, 1.165) is 37.8 Å². The lowest BCUT2D eigenvalue weighted by Gasteiger charge is -2.41. The summed E-state index contributed by atoms with van der Waals surface area (Å²) >= 11 is 0. The first kappa shape index (κ1) is 30.6. The van der Waals surface area contributed by atoms with Gasteiger partial charge in [-0.2, -0.15) is 0 Å². The summed E-state index contributed by atoms with van der Waals surface area (Å²) in [4.78, 5) is 2.43. The van der Waals surface area contributed by atoms with Gasteiger partial charge in [0.2, 0.25) is 0 Å². The van der Waals surface area contributed by atoms with Crippen molar-refractivity contribution in [3.8, 4) is 0 Å². The number of allylic oxidation sites excluding steroid dienone is 11. The molecule has 3 aliphatic rings. The van der Waals surface area contributed by atoms with Crippen LogP contribution in [-0.4, -0.2) is 4.90 Å². The number of nitrogens with zero attached hydrogens (tertiary/aromatic N) is 1. The van der Waals surface area contributed by atoms with Gasteiger partial charge in [-0.15, -0.1) is 0 Å². The fourth-order valence-corrected chi connectivity index (χ4v) is 7.12. The van der Waals surface area contributed by atoms with Gasteiger partial charge in [-0.3, -0.25) is 0 Å². The zero-order valence-corrected chi connectivity index (χ0v) is 26.9. The summed E-state index contributed by atoms with van der Waals surface area (Å²) in [5.74, 6) is 1.16. The summed E-state index contributed by atoms with van der Waals surface area (Å²) < 4.78 is 0. The minimum atomic E-state index is 0.127. The zero-order valence-electron chi connectivity index (χ0n) is 26.9. The molecule has 222 valence electrons. The average molecular weight is 568 g/mol. The van der Waals surface area contributed by atoms with Gasteiger partial charge < -0.3 is 4.90 Å². The second-order valence-corrected chi connectivity index (χ2v) is 12.7. The highest BCUT2D eigenvalue weighted by molar-refractivity contribution is 5.76. The summed E-state index contributed by atoms with van der Waals surface area (Å²) in [7, 11) is 0. The molecular weight excluding hydrogens is 518 g/mol. The molecule has 0 bridgehead atoms. The molecule has 2 aromatic rings. The van der Waals surface area contributed by atoms with E-state index in [2.05, 4.69) is 155 Å². The van der Waals surface area contributed by atoms with Crippen LogP contribution in [0.3, 0.4) is 0 Å². The van der Waals surface area contributed by atoms with Crippen LogP contribution in [0.1, 0.15) is 83.8 Å². The van der Waals surface area contributed by atoms with E-state index >= 15 is 0 Å². The van der Waals surface area contributed by atoms with Crippen molar-refractivity contribution in [1.82, 2.24) is 4.90 Å². The summed E-state index contributed by atoms with van der Waals surface area (Å²) in [6.45, 7) is 16.6. The van der Waals surface area contributed by atoms with Crippen molar-refractivity contribution < 1.29 is 0 Å². The number of hydrogen-bond acceptors (Lipinski definition) is 1. The van der Waals surface area contributed by atoms with Gasteiger partial charge in [0.05, 0.1) is 5.70 Å². The second-order valence-electron chi connectivity index (χ2n) is 12.7. The van der Waals surface area contributed by atoms with Crippen LogP contribution in [0.2, 0.25) is 0 Å². The van der Waals surface area contributed by atoms with Crippen LogP contribution < -0.4 is 0 Å². The van der Waals surface area contributed by atoms with Crippen molar-refractivity contribution in [1.29, 1.82) is 0 Å². The largest absolute Gasteiger partial charge is 0.317 e. The fraction of sp³-hybridized carbons (Fsp3) is 0.333. The molecule has 0 spiro atoms. The van der Waals surface area contributed by atoms with Gasteiger partial charge in [0.15, 0.2) is 0 Å². The van der Waals surface area contributed by atoms with E-state index in [9.17, 15) is 0 Å². The van der Waals surface area contributed by atoms with Gasteiger partial charge in [0.25, 0.3) is 0 Å². The van der Waals surface area contributed by atoms with Gasteiger partial charge in [0.1, 0.15) is 0 Å². The van der Waals surface area contributed by atoms with Crippen LogP contribution >= 0.6 is 0 Å². The summed E-state index contributed by atoms with van der Waals surface area (Å²) in [6, 6.07) is 22.1. The van der Waals surface area contributed by atoms with E-state index in [4.69, 9.17) is 6.58 Å². The van der Waals surface area contributed by atoms with E-state index in [1.54, 1.807) is 5.57 Å². The molecule has 5 rings (SSSR count). The Kier molecular flexibility index (Phi) is 9.71. The van der Waals surface area contributed by atoms with E-state index in [1.165, 1.54) is 33.5 Å². The van der Waals surface area contributed by atoms with Crippen molar-refractivity contribution in [3.63, 3.8) is 0 Å². The van der Waals surface area contributed by atoms with Crippen molar-refractivity contribution in [2.24, 2.45) is 17.3 Å². The first-order chi connectivity index (χ1) is 20.9. The van der Waals surface area contributed by atoms with Crippen LogP contribution in [0.25, 0.3) is 5.57 Å². The topological polar surface area (TPSA) is 3.24 Å². The first-order valence-corrected chi connectivity index (χ1v) is 16.3. The Morgan fingerprint density at radius 3 is 2.35 bits per heavy atom. The summed E-state index contributed by atoms with van der Waals surface area (Å²) in [5, 5.41) is 0. The predicted octanol–water partition coefficient (Wildman–Crippen LogP) is 11.7. The van der Waals surface area contributed by atoms with Gasteiger partial charge in [-0.05, 0) is 78.2 Å². The van der Waals surface area contributed by atoms with Crippen molar-refractivity contribution in [2.45, 2.75) is 72.6 Å². The smallest absolute Gasteiger partial charge is 0.0528 e. The molecule has 43 heavy (non-hydrogen) atoms. The Morgan fingerprint density at radius 1 is 1.00 bits per heavy atom. The zero-order chi connectivity index (χ0) is 30.4. The summed E-state index contributed by atoms with van der Waals surface area (Å²) in [6.07, 6.45) is 26.0.